The predicted octanol–water partition coefficient (Wildman–Crippen LogP) is 5.50. The molecule has 1 amide bonds. The highest BCUT2D eigenvalue weighted by molar-refractivity contribution is 8.27. The molecule has 3 rings (SSSR count). The number of thioether (sulfide) groups is 1. The highest BCUT2D eigenvalue weighted by Gasteiger charge is 2.33. The fourth-order valence-electron chi connectivity index (χ4n) is 2.80. The molecule has 2 aromatic carbocycles. The van der Waals surface area contributed by atoms with Crippen molar-refractivity contribution >= 4 is 46.0 Å². The highest BCUT2D eigenvalue weighted by atomic mass is 32.2. The van der Waals surface area contributed by atoms with Crippen molar-refractivity contribution in [3.63, 3.8) is 0 Å². The van der Waals surface area contributed by atoms with Gasteiger partial charge in [-0.1, -0.05) is 53.8 Å². The molecule has 5 heteroatoms. The maximum Gasteiger partial charge on any atom is 0.270 e. The molecule has 26 heavy (non-hydrogen) atoms. The van der Waals surface area contributed by atoms with Gasteiger partial charge in [-0.3, -0.25) is 9.69 Å². The molecule has 0 aliphatic carbocycles. The predicted molar refractivity (Wildman–Crippen MR) is 114 cm³/mol. The summed E-state index contributed by atoms with van der Waals surface area (Å²) in [5, 5.41) is 0. The van der Waals surface area contributed by atoms with Crippen molar-refractivity contribution in [1.29, 1.82) is 0 Å². The van der Waals surface area contributed by atoms with E-state index in [0.717, 1.165) is 28.1 Å². The van der Waals surface area contributed by atoms with Gasteiger partial charge in [0.05, 0.1) is 16.7 Å². The van der Waals surface area contributed by atoms with E-state index in [-0.39, 0.29) is 12.0 Å². The van der Waals surface area contributed by atoms with Gasteiger partial charge >= 0.3 is 0 Å². The molecule has 3 nitrogen and oxygen atoms in total. The van der Waals surface area contributed by atoms with Crippen LogP contribution in [0.1, 0.15) is 30.5 Å². The third-order valence-electron chi connectivity index (χ3n) is 3.94. The molecule has 1 fully saturated rings. The number of rotatable bonds is 4. The van der Waals surface area contributed by atoms with Crippen LogP contribution in [-0.2, 0) is 4.79 Å². The second kappa shape index (κ2) is 7.64. The molecule has 1 saturated heterocycles. The largest absolute Gasteiger partial charge is 0.491 e. The van der Waals surface area contributed by atoms with Gasteiger partial charge in [0, 0.05) is 0 Å². The Morgan fingerprint density at radius 1 is 1.12 bits per heavy atom. The van der Waals surface area contributed by atoms with Gasteiger partial charge in [-0.2, -0.15) is 0 Å². The van der Waals surface area contributed by atoms with E-state index in [1.165, 1.54) is 11.8 Å². The van der Waals surface area contributed by atoms with Crippen LogP contribution in [0.25, 0.3) is 6.08 Å². The first-order chi connectivity index (χ1) is 12.3. The van der Waals surface area contributed by atoms with Crippen molar-refractivity contribution in [1.82, 2.24) is 0 Å². The van der Waals surface area contributed by atoms with Gasteiger partial charge in [-0.05, 0) is 63.1 Å². The lowest BCUT2D eigenvalue weighted by atomic mass is 10.1. The molecule has 0 aromatic heterocycles. The molecule has 2 aromatic rings. The van der Waals surface area contributed by atoms with Crippen LogP contribution in [-0.4, -0.2) is 16.3 Å². The molecule has 1 heterocycles. The Labute approximate surface area is 164 Å². The van der Waals surface area contributed by atoms with Crippen LogP contribution in [0.2, 0.25) is 0 Å². The fraction of sp³-hybridized carbons (Fsp3) is 0.238. The zero-order valence-corrected chi connectivity index (χ0v) is 16.9. The Morgan fingerprint density at radius 3 is 2.42 bits per heavy atom. The summed E-state index contributed by atoms with van der Waals surface area (Å²) in [6, 6.07) is 13.7. The molecule has 1 aliphatic rings. The number of hydrogen-bond donors (Lipinski definition) is 0. The summed E-state index contributed by atoms with van der Waals surface area (Å²) in [5.74, 6) is 0.745. The Balaban J connectivity index is 1.85. The van der Waals surface area contributed by atoms with Crippen LogP contribution in [0.3, 0.4) is 0 Å². The molecule has 0 radical (unpaired) electrons. The van der Waals surface area contributed by atoms with E-state index in [9.17, 15) is 4.79 Å². The van der Waals surface area contributed by atoms with Crippen molar-refractivity contribution < 1.29 is 9.53 Å². The van der Waals surface area contributed by atoms with Gasteiger partial charge in [0.2, 0.25) is 0 Å². The average molecular weight is 384 g/mol. The number of aryl methyl sites for hydroxylation is 2. The van der Waals surface area contributed by atoms with Crippen LogP contribution in [0.15, 0.2) is 47.4 Å². The first-order valence-electron chi connectivity index (χ1n) is 8.47. The van der Waals surface area contributed by atoms with Crippen molar-refractivity contribution in [2.45, 2.75) is 33.8 Å². The molecule has 0 bridgehead atoms. The Hall–Kier alpha value is -2.11. The van der Waals surface area contributed by atoms with Gasteiger partial charge in [-0.15, -0.1) is 0 Å². The van der Waals surface area contributed by atoms with Gasteiger partial charge in [0.25, 0.3) is 5.91 Å². The minimum Gasteiger partial charge on any atom is -0.491 e. The number of amides is 1. The summed E-state index contributed by atoms with van der Waals surface area (Å²) in [5.41, 5.74) is 4.00. The molecular formula is C21H21NO2S2. The summed E-state index contributed by atoms with van der Waals surface area (Å²) in [6.07, 6.45) is 2.01. The quantitative estimate of drug-likeness (QED) is 0.515. The monoisotopic (exact) mass is 383 g/mol. The number of carbonyl (C=O) groups excluding carboxylic acids is 1. The van der Waals surface area contributed by atoms with Crippen LogP contribution in [0, 0.1) is 13.8 Å². The number of nitrogens with zero attached hydrogens (tertiary/aromatic N) is 1. The van der Waals surface area contributed by atoms with E-state index in [4.69, 9.17) is 17.0 Å². The van der Waals surface area contributed by atoms with Gasteiger partial charge in [0.15, 0.2) is 4.32 Å². The van der Waals surface area contributed by atoms with Crippen molar-refractivity contribution in [2.24, 2.45) is 0 Å². The minimum absolute atomic E-state index is 0.0746. The topological polar surface area (TPSA) is 29.5 Å². The van der Waals surface area contributed by atoms with Crippen molar-refractivity contribution in [2.75, 3.05) is 4.90 Å². The minimum atomic E-state index is -0.0746. The van der Waals surface area contributed by atoms with Crippen LogP contribution in [0.5, 0.6) is 5.75 Å². The third kappa shape index (κ3) is 4.00. The maximum atomic E-state index is 12.9. The molecule has 0 saturated carbocycles. The van der Waals surface area contributed by atoms with E-state index in [1.54, 1.807) is 4.90 Å². The average Bonchev–Trinajstić information content (AvgIpc) is 2.83. The molecule has 0 spiro atoms. The lowest BCUT2D eigenvalue weighted by Crippen LogP contribution is -2.28. The number of hydrogen-bond acceptors (Lipinski definition) is 4. The van der Waals surface area contributed by atoms with E-state index < -0.39 is 0 Å². The van der Waals surface area contributed by atoms with Crippen molar-refractivity contribution in [3.05, 3.63) is 64.1 Å². The van der Waals surface area contributed by atoms with Gasteiger partial charge in [0.1, 0.15) is 5.75 Å². The standard InChI is InChI=1S/C21H21NO2S2/c1-13(2)24-17-8-6-16(7-9-17)12-19-20(23)22(21(25)26-19)18-10-5-14(3)11-15(18)4/h5-13H,1-4H3/b19-12+. The fourth-order valence-corrected chi connectivity index (χ4v) is 4.08. The Morgan fingerprint density at radius 2 is 1.81 bits per heavy atom. The molecule has 134 valence electrons. The maximum absolute atomic E-state index is 12.9. The second-order valence-electron chi connectivity index (χ2n) is 6.54. The highest BCUT2D eigenvalue weighted by Crippen LogP contribution is 2.37. The molecular weight excluding hydrogens is 362 g/mol. The Kier molecular flexibility index (Phi) is 5.49. The number of benzene rings is 2. The number of carbonyl (C=O) groups is 1. The molecule has 0 unspecified atom stereocenters. The summed E-state index contributed by atoms with van der Waals surface area (Å²) in [6.45, 7) is 8.02. The first kappa shape index (κ1) is 18.7. The van der Waals surface area contributed by atoms with Crippen LogP contribution in [0.4, 0.5) is 5.69 Å². The van der Waals surface area contributed by atoms with Crippen LogP contribution >= 0.6 is 24.0 Å². The van der Waals surface area contributed by atoms with E-state index >= 15 is 0 Å². The molecule has 0 N–H and O–H groups in total. The normalized spacial score (nSPS) is 16.0. The number of thiocarbonyl (C=S) groups is 1. The number of anilines is 1. The summed E-state index contributed by atoms with van der Waals surface area (Å²) < 4.78 is 6.22. The molecule has 1 aliphatic heterocycles. The third-order valence-corrected chi connectivity index (χ3v) is 5.24. The number of ether oxygens (including phenoxy) is 1. The zero-order valence-electron chi connectivity index (χ0n) is 15.3. The SMILES string of the molecule is Cc1ccc(N2C(=O)/C(=C\c3ccc(OC(C)C)cc3)SC2=S)c(C)c1. The lowest BCUT2D eigenvalue weighted by molar-refractivity contribution is -0.113. The lowest BCUT2D eigenvalue weighted by Gasteiger charge is -2.17. The smallest absolute Gasteiger partial charge is 0.270 e. The second-order valence-corrected chi connectivity index (χ2v) is 8.22. The summed E-state index contributed by atoms with van der Waals surface area (Å²) >= 11 is 6.80. The molecule has 0 atom stereocenters. The van der Waals surface area contributed by atoms with Gasteiger partial charge < -0.3 is 4.74 Å². The van der Waals surface area contributed by atoms with E-state index in [0.29, 0.717) is 9.23 Å². The van der Waals surface area contributed by atoms with Crippen LogP contribution < -0.4 is 9.64 Å². The van der Waals surface area contributed by atoms with Gasteiger partial charge in [-0.25, -0.2) is 0 Å². The summed E-state index contributed by atoms with van der Waals surface area (Å²) in [7, 11) is 0. The van der Waals surface area contributed by atoms with E-state index in [1.807, 2.05) is 70.2 Å². The zero-order chi connectivity index (χ0) is 18.8. The van der Waals surface area contributed by atoms with Crippen molar-refractivity contribution in [3.8, 4) is 5.75 Å². The Bertz CT molecular complexity index is 885. The van der Waals surface area contributed by atoms with E-state index in [2.05, 4.69) is 6.07 Å². The summed E-state index contributed by atoms with van der Waals surface area (Å²) in [4.78, 5) is 15.1. The first-order valence-corrected chi connectivity index (χ1v) is 9.69.